The number of benzene rings is 1. The summed E-state index contributed by atoms with van der Waals surface area (Å²) in [6.45, 7) is 0. The highest BCUT2D eigenvalue weighted by Gasteiger charge is 2.25. The topological polar surface area (TPSA) is 37.3 Å². The lowest BCUT2D eigenvalue weighted by Gasteiger charge is -2.24. The second-order valence-corrected chi connectivity index (χ2v) is 7.40. The van der Waals surface area contributed by atoms with Crippen molar-refractivity contribution in [2.45, 2.75) is 57.1 Å². The van der Waals surface area contributed by atoms with Crippen LogP contribution in [0.15, 0.2) is 23.8 Å². The molecule has 0 spiro atoms. The Bertz CT molecular complexity index is 603. The molecule has 1 N–H and O–H groups in total. The summed E-state index contributed by atoms with van der Waals surface area (Å²) < 4.78 is 33.9. The SMILES string of the molecule is O=S(O)Cc1ccc(C2=C(C3CCCCC3)CCC2)cc1F. The van der Waals surface area contributed by atoms with Gasteiger partial charge in [-0.2, -0.15) is 0 Å². The lowest BCUT2D eigenvalue weighted by atomic mass is 9.81. The van der Waals surface area contributed by atoms with Crippen LogP contribution in [0.5, 0.6) is 0 Å². The normalized spacial score (nSPS) is 21.4. The minimum Gasteiger partial charge on any atom is -0.306 e. The van der Waals surface area contributed by atoms with Crippen molar-refractivity contribution < 1.29 is 13.2 Å². The van der Waals surface area contributed by atoms with Gasteiger partial charge in [0.1, 0.15) is 5.82 Å². The van der Waals surface area contributed by atoms with Crippen LogP contribution in [0.3, 0.4) is 0 Å². The number of allylic oxidation sites excluding steroid dienone is 2. The van der Waals surface area contributed by atoms with E-state index < -0.39 is 11.1 Å². The van der Waals surface area contributed by atoms with Gasteiger partial charge in [-0.3, -0.25) is 0 Å². The van der Waals surface area contributed by atoms with Gasteiger partial charge < -0.3 is 4.55 Å². The quantitative estimate of drug-likeness (QED) is 0.786. The predicted molar refractivity (Wildman–Crippen MR) is 88.2 cm³/mol. The average Bonchev–Trinajstić information content (AvgIpc) is 2.99. The largest absolute Gasteiger partial charge is 0.306 e. The van der Waals surface area contributed by atoms with Gasteiger partial charge in [0.05, 0.1) is 5.75 Å². The Labute approximate surface area is 134 Å². The van der Waals surface area contributed by atoms with E-state index in [9.17, 15) is 8.60 Å². The van der Waals surface area contributed by atoms with E-state index in [2.05, 4.69) is 0 Å². The fourth-order valence-electron chi connectivity index (χ4n) is 3.98. The number of hydrogen-bond donors (Lipinski definition) is 1. The van der Waals surface area contributed by atoms with Crippen LogP contribution in [0.25, 0.3) is 5.57 Å². The van der Waals surface area contributed by atoms with Gasteiger partial charge in [-0.05, 0) is 55.2 Å². The number of halogens is 1. The molecule has 2 nitrogen and oxygen atoms in total. The molecule has 0 saturated heterocycles. The molecule has 1 aromatic rings. The molecule has 0 aromatic heterocycles. The van der Waals surface area contributed by atoms with Crippen LogP contribution in [0.4, 0.5) is 4.39 Å². The average molecular weight is 322 g/mol. The molecule has 0 amide bonds. The molecule has 1 unspecified atom stereocenters. The summed E-state index contributed by atoms with van der Waals surface area (Å²) in [5.41, 5.74) is 4.19. The molecule has 4 heteroatoms. The molecule has 0 bridgehead atoms. The first-order valence-corrected chi connectivity index (χ1v) is 9.51. The zero-order valence-electron chi connectivity index (χ0n) is 12.8. The Hall–Kier alpha value is -1.00. The summed E-state index contributed by atoms with van der Waals surface area (Å²) in [7, 11) is 0. The van der Waals surface area contributed by atoms with Crippen molar-refractivity contribution in [2.24, 2.45) is 5.92 Å². The van der Waals surface area contributed by atoms with Gasteiger partial charge >= 0.3 is 0 Å². The molecule has 1 atom stereocenters. The third-order valence-electron chi connectivity index (χ3n) is 5.04. The highest BCUT2D eigenvalue weighted by molar-refractivity contribution is 7.78. The Morgan fingerprint density at radius 2 is 1.91 bits per heavy atom. The molecule has 2 aliphatic carbocycles. The lowest BCUT2D eigenvalue weighted by Crippen LogP contribution is -2.09. The van der Waals surface area contributed by atoms with Crippen LogP contribution in [-0.4, -0.2) is 8.76 Å². The first-order valence-electron chi connectivity index (χ1n) is 8.23. The lowest BCUT2D eigenvalue weighted by molar-refractivity contribution is 0.398. The van der Waals surface area contributed by atoms with Gasteiger partial charge in [0.2, 0.25) is 0 Å². The molecule has 22 heavy (non-hydrogen) atoms. The summed E-state index contributed by atoms with van der Waals surface area (Å²) in [6.07, 6.45) is 9.91. The summed E-state index contributed by atoms with van der Waals surface area (Å²) in [6, 6.07) is 5.16. The van der Waals surface area contributed by atoms with Crippen molar-refractivity contribution in [3.05, 3.63) is 40.7 Å². The van der Waals surface area contributed by atoms with Crippen LogP contribution in [0.1, 0.15) is 62.5 Å². The smallest absolute Gasteiger partial charge is 0.157 e. The Balaban J connectivity index is 1.88. The van der Waals surface area contributed by atoms with E-state index in [1.54, 1.807) is 17.7 Å². The van der Waals surface area contributed by atoms with Crippen LogP contribution < -0.4 is 0 Å². The van der Waals surface area contributed by atoms with Crippen molar-refractivity contribution in [3.8, 4) is 0 Å². The molecule has 3 rings (SSSR count). The first kappa shape index (κ1) is 15.9. The maximum atomic E-state index is 14.2. The summed E-state index contributed by atoms with van der Waals surface area (Å²) in [5, 5.41) is 0. The van der Waals surface area contributed by atoms with Gasteiger partial charge in [-0.1, -0.05) is 37.0 Å². The first-order chi connectivity index (χ1) is 10.6. The van der Waals surface area contributed by atoms with E-state index in [1.807, 2.05) is 6.07 Å². The van der Waals surface area contributed by atoms with Gasteiger partial charge in [0, 0.05) is 5.56 Å². The monoisotopic (exact) mass is 322 g/mol. The summed E-state index contributed by atoms with van der Waals surface area (Å²) >= 11 is -2.00. The van der Waals surface area contributed by atoms with E-state index in [0.29, 0.717) is 11.5 Å². The maximum Gasteiger partial charge on any atom is 0.157 e. The third kappa shape index (κ3) is 3.49. The standard InChI is InChI=1S/C18H23FO2S/c19-18-11-14(9-10-15(18)12-22(20)21)17-8-4-7-16(17)13-5-2-1-3-6-13/h9-11,13H,1-8,12H2,(H,20,21). The molecular formula is C18H23FO2S. The van der Waals surface area contributed by atoms with Gasteiger partial charge in [-0.15, -0.1) is 0 Å². The highest BCUT2D eigenvalue weighted by atomic mass is 32.2. The summed E-state index contributed by atoms with van der Waals surface area (Å²) in [4.78, 5) is 0. The van der Waals surface area contributed by atoms with Gasteiger partial charge in [0.25, 0.3) is 0 Å². The molecule has 1 saturated carbocycles. The van der Waals surface area contributed by atoms with Gasteiger partial charge in [0.15, 0.2) is 11.1 Å². The number of rotatable bonds is 4. The van der Waals surface area contributed by atoms with Crippen molar-refractivity contribution >= 4 is 16.7 Å². The molecule has 1 aromatic carbocycles. The second-order valence-electron chi connectivity index (χ2n) is 6.46. The molecule has 0 aliphatic heterocycles. The van der Waals surface area contributed by atoms with Crippen LogP contribution in [-0.2, 0) is 16.8 Å². The fraction of sp³-hybridized carbons (Fsp3) is 0.556. The third-order valence-corrected chi connectivity index (χ3v) is 5.60. The van der Waals surface area contributed by atoms with E-state index in [1.165, 1.54) is 44.1 Å². The minimum atomic E-state index is -2.00. The predicted octanol–water partition coefficient (Wildman–Crippen LogP) is 5.07. The van der Waals surface area contributed by atoms with Crippen molar-refractivity contribution in [3.63, 3.8) is 0 Å². The Morgan fingerprint density at radius 3 is 2.59 bits per heavy atom. The summed E-state index contributed by atoms with van der Waals surface area (Å²) in [5.74, 6) is 0.196. The zero-order valence-corrected chi connectivity index (χ0v) is 13.6. The molecule has 1 fully saturated rings. The maximum absolute atomic E-state index is 14.2. The van der Waals surface area contributed by atoms with Gasteiger partial charge in [-0.25, -0.2) is 8.60 Å². The Kier molecular flexibility index (Phi) is 5.09. The van der Waals surface area contributed by atoms with E-state index in [0.717, 1.165) is 18.4 Å². The molecule has 120 valence electrons. The van der Waals surface area contributed by atoms with Crippen molar-refractivity contribution in [2.75, 3.05) is 0 Å². The van der Waals surface area contributed by atoms with E-state index >= 15 is 0 Å². The van der Waals surface area contributed by atoms with Crippen LogP contribution >= 0.6 is 0 Å². The van der Waals surface area contributed by atoms with Crippen LogP contribution in [0.2, 0.25) is 0 Å². The van der Waals surface area contributed by atoms with E-state index in [-0.39, 0.29) is 11.6 Å². The van der Waals surface area contributed by atoms with Crippen LogP contribution in [0, 0.1) is 11.7 Å². The second kappa shape index (κ2) is 7.05. The van der Waals surface area contributed by atoms with Crippen molar-refractivity contribution in [1.82, 2.24) is 0 Å². The fourth-order valence-corrected chi connectivity index (χ4v) is 4.48. The molecule has 0 radical (unpaired) electrons. The Morgan fingerprint density at radius 1 is 1.14 bits per heavy atom. The zero-order chi connectivity index (χ0) is 15.5. The minimum absolute atomic E-state index is 0.138. The molecular weight excluding hydrogens is 299 g/mol. The highest BCUT2D eigenvalue weighted by Crippen LogP contribution is 2.43. The number of hydrogen-bond acceptors (Lipinski definition) is 1. The molecule has 0 heterocycles. The molecule has 2 aliphatic rings. The van der Waals surface area contributed by atoms with E-state index in [4.69, 9.17) is 4.55 Å². The van der Waals surface area contributed by atoms with Crippen molar-refractivity contribution in [1.29, 1.82) is 0 Å².